The number of aliphatic hydroxyl groups is 1. The van der Waals surface area contributed by atoms with E-state index in [1.54, 1.807) is 45.0 Å². The van der Waals surface area contributed by atoms with Crippen LogP contribution in [0, 0.1) is 13.8 Å². The molecule has 3 rings (SSSR count). The van der Waals surface area contributed by atoms with Crippen LogP contribution in [0.5, 0.6) is 0 Å². The highest BCUT2D eigenvalue weighted by Gasteiger charge is 2.46. The first-order valence-electron chi connectivity index (χ1n) is 10.6. The van der Waals surface area contributed by atoms with E-state index in [1.807, 2.05) is 19.0 Å². The monoisotopic (exact) mass is 473 g/mol. The first-order valence-corrected chi connectivity index (χ1v) is 11.0. The average Bonchev–Trinajstić information content (AvgIpc) is 3.19. The number of aryl methyl sites for hydroxylation is 1. The van der Waals surface area contributed by atoms with Gasteiger partial charge in [0.2, 0.25) is 0 Å². The molecule has 0 aliphatic carbocycles. The number of aromatic nitrogens is 1. The second-order valence-electron chi connectivity index (χ2n) is 8.20. The molecular formula is C24H28ClN3O5. The Labute approximate surface area is 197 Å². The Kier molecular flexibility index (Phi) is 7.29. The maximum atomic E-state index is 13.2. The number of halogens is 1. The van der Waals surface area contributed by atoms with Gasteiger partial charge in [0.05, 0.1) is 18.2 Å². The number of ether oxygens (including phenoxy) is 1. The Hall–Kier alpha value is -3.10. The summed E-state index contributed by atoms with van der Waals surface area (Å²) in [6.07, 6.45) is 0. The number of Topliss-reactive ketones (excluding diaryl/α,β-unsaturated/α-hetero) is 1. The van der Waals surface area contributed by atoms with Gasteiger partial charge in [-0.05, 0) is 58.1 Å². The molecule has 0 unspecified atom stereocenters. The van der Waals surface area contributed by atoms with Gasteiger partial charge in [-0.3, -0.25) is 9.59 Å². The highest BCUT2D eigenvalue weighted by atomic mass is 35.5. The van der Waals surface area contributed by atoms with Crippen molar-refractivity contribution in [2.45, 2.75) is 26.8 Å². The zero-order chi connectivity index (χ0) is 24.4. The fourth-order valence-corrected chi connectivity index (χ4v) is 4.29. The van der Waals surface area contributed by atoms with Crippen molar-refractivity contribution < 1.29 is 24.2 Å². The predicted octanol–water partition coefficient (Wildman–Crippen LogP) is 3.44. The maximum Gasteiger partial charge on any atom is 0.355 e. The van der Waals surface area contributed by atoms with Crippen molar-refractivity contribution in [2.75, 3.05) is 33.8 Å². The number of nitrogens with zero attached hydrogens (tertiary/aromatic N) is 2. The van der Waals surface area contributed by atoms with Crippen molar-refractivity contribution in [2.24, 2.45) is 0 Å². The summed E-state index contributed by atoms with van der Waals surface area (Å²) in [5.41, 5.74) is 1.98. The van der Waals surface area contributed by atoms with Gasteiger partial charge in [-0.1, -0.05) is 23.7 Å². The minimum atomic E-state index is -0.816. The first kappa shape index (κ1) is 24.5. The lowest BCUT2D eigenvalue weighted by Crippen LogP contribution is -2.35. The van der Waals surface area contributed by atoms with Gasteiger partial charge in [-0.15, -0.1) is 0 Å². The number of likely N-dealkylation sites (N-methyl/N-ethyl adjacent to an activating group) is 1. The molecule has 33 heavy (non-hydrogen) atoms. The average molecular weight is 474 g/mol. The number of carbonyl (C=O) groups excluding carboxylic acids is 3. The third-order valence-corrected chi connectivity index (χ3v) is 5.88. The summed E-state index contributed by atoms with van der Waals surface area (Å²) < 4.78 is 5.08. The molecule has 2 heterocycles. The Balaban J connectivity index is 2.20. The normalized spacial score (nSPS) is 17.8. The van der Waals surface area contributed by atoms with E-state index in [-0.39, 0.29) is 30.2 Å². The molecule has 9 heteroatoms. The second kappa shape index (κ2) is 9.80. The summed E-state index contributed by atoms with van der Waals surface area (Å²) in [7, 11) is 3.74. The van der Waals surface area contributed by atoms with E-state index >= 15 is 0 Å². The van der Waals surface area contributed by atoms with E-state index in [2.05, 4.69) is 4.98 Å². The molecule has 176 valence electrons. The van der Waals surface area contributed by atoms with Crippen molar-refractivity contribution in [1.82, 2.24) is 14.8 Å². The van der Waals surface area contributed by atoms with Gasteiger partial charge in [0.1, 0.15) is 11.5 Å². The van der Waals surface area contributed by atoms with Gasteiger partial charge in [0, 0.05) is 29.4 Å². The van der Waals surface area contributed by atoms with Gasteiger partial charge >= 0.3 is 5.97 Å². The summed E-state index contributed by atoms with van der Waals surface area (Å²) in [5.74, 6) is -2.38. The van der Waals surface area contributed by atoms with Crippen molar-refractivity contribution in [1.29, 1.82) is 0 Å². The highest BCUT2D eigenvalue weighted by Crippen LogP contribution is 2.41. The van der Waals surface area contributed by atoms with Crippen LogP contribution in [0.3, 0.4) is 0 Å². The number of aliphatic hydroxyl groups excluding tert-OH is 1. The molecule has 1 aliphatic heterocycles. The molecule has 8 nitrogen and oxygen atoms in total. The third kappa shape index (κ3) is 4.67. The fraction of sp³-hybridized carbons (Fsp3) is 0.375. The van der Waals surface area contributed by atoms with Gasteiger partial charge < -0.3 is 24.6 Å². The van der Waals surface area contributed by atoms with Crippen LogP contribution in [0.4, 0.5) is 0 Å². The number of amides is 1. The third-order valence-electron chi connectivity index (χ3n) is 5.65. The summed E-state index contributed by atoms with van der Waals surface area (Å²) in [5, 5.41) is 11.8. The number of rotatable bonds is 7. The second-order valence-corrected chi connectivity index (χ2v) is 8.63. The Morgan fingerprint density at radius 3 is 2.58 bits per heavy atom. The van der Waals surface area contributed by atoms with Crippen molar-refractivity contribution >= 4 is 35.0 Å². The van der Waals surface area contributed by atoms with Crippen LogP contribution >= 0.6 is 11.6 Å². The van der Waals surface area contributed by atoms with Gasteiger partial charge in [-0.2, -0.15) is 0 Å². The number of nitrogens with one attached hydrogen (secondary N) is 1. The quantitative estimate of drug-likeness (QED) is 0.276. The number of benzene rings is 1. The molecular weight excluding hydrogens is 446 g/mol. The lowest BCUT2D eigenvalue weighted by atomic mass is 9.94. The van der Waals surface area contributed by atoms with Crippen LogP contribution in [0.15, 0.2) is 29.8 Å². The maximum absolute atomic E-state index is 13.2. The number of hydrogen-bond acceptors (Lipinski definition) is 6. The molecule has 0 bridgehead atoms. The molecule has 0 saturated carbocycles. The molecule has 1 amide bonds. The SMILES string of the molecule is CCOC(=O)c1[nH]c(C)c(C(O)=C2C(=O)C(=O)N(CCN(C)C)[C@H]2c2cccc(Cl)c2)c1C. The molecule has 2 aromatic rings. The van der Waals surface area contributed by atoms with Gasteiger partial charge in [-0.25, -0.2) is 4.79 Å². The summed E-state index contributed by atoms with van der Waals surface area (Å²) in [6, 6.07) is 6.05. The number of aromatic amines is 1. The van der Waals surface area contributed by atoms with Crippen LogP contribution in [-0.4, -0.2) is 71.3 Å². The van der Waals surface area contributed by atoms with E-state index in [4.69, 9.17) is 16.3 Å². The summed E-state index contributed by atoms with van der Waals surface area (Å²) >= 11 is 6.20. The Morgan fingerprint density at radius 1 is 1.27 bits per heavy atom. The number of hydrogen-bond donors (Lipinski definition) is 2. The van der Waals surface area contributed by atoms with E-state index in [0.717, 1.165) is 0 Å². The first-order chi connectivity index (χ1) is 15.6. The van der Waals surface area contributed by atoms with Crippen LogP contribution in [0.2, 0.25) is 5.02 Å². The number of likely N-dealkylation sites (tertiary alicyclic amines) is 1. The number of esters is 1. The van der Waals surface area contributed by atoms with Crippen LogP contribution in [0.25, 0.3) is 5.76 Å². The van der Waals surface area contributed by atoms with Crippen LogP contribution < -0.4 is 0 Å². The molecule has 1 fully saturated rings. The van der Waals surface area contributed by atoms with Gasteiger partial charge in [0.15, 0.2) is 0 Å². The molecule has 1 atom stereocenters. The lowest BCUT2D eigenvalue weighted by molar-refractivity contribution is -0.140. The minimum Gasteiger partial charge on any atom is -0.507 e. The Morgan fingerprint density at radius 2 is 1.97 bits per heavy atom. The molecule has 0 radical (unpaired) electrons. The van der Waals surface area contributed by atoms with Crippen molar-refractivity contribution in [3.63, 3.8) is 0 Å². The topological polar surface area (TPSA) is 103 Å². The molecule has 2 N–H and O–H groups in total. The standard InChI is InChI=1S/C24H28ClN3O5/c1-6-33-24(32)19-13(2)17(14(3)26-19)21(29)18-20(15-8-7-9-16(25)12-15)28(11-10-27(4)5)23(31)22(18)30/h7-9,12,20,26,29H,6,10-11H2,1-5H3/t20-/m0/s1. The smallest absolute Gasteiger partial charge is 0.355 e. The zero-order valence-corrected chi connectivity index (χ0v) is 20.1. The van der Waals surface area contributed by atoms with Crippen LogP contribution in [-0.2, 0) is 14.3 Å². The van der Waals surface area contributed by atoms with E-state index in [1.165, 1.54) is 4.90 Å². The van der Waals surface area contributed by atoms with Gasteiger partial charge in [0.25, 0.3) is 11.7 Å². The number of carbonyl (C=O) groups is 3. The summed E-state index contributed by atoms with van der Waals surface area (Å²) in [4.78, 5) is 44.8. The fourth-order valence-electron chi connectivity index (χ4n) is 4.09. The van der Waals surface area contributed by atoms with Crippen molar-refractivity contribution in [3.8, 4) is 0 Å². The zero-order valence-electron chi connectivity index (χ0n) is 19.4. The molecule has 1 saturated heterocycles. The van der Waals surface area contributed by atoms with E-state index in [0.29, 0.717) is 34.0 Å². The van der Waals surface area contributed by atoms with Crippen molar-refractivity contribution in [3.05, 3.63) is 62.9 Å². The van der Waals surface area contributed by atoms with E-state index in [9.17, 15) is 19.5 Å². The largest absolute Gasteiger partial charge is 0.507 e. The molecule has 1 aromatic heterocycles. The predicted molar refractivity (Wildman–Crippen MR) is 125 cm³/mol. The highest BCUT2D eigenvalue weighted by molar-refractivity contribution is 6.46. The van der Waals surface area contributed by atoms with Crippen LogP contribution in [0.1, 0.15) is 45.8 Å². The van der Waals surface area contributed by atoms with E-state index < -0.39 is 23.7 Å². The number of H-pyrrole nitrogens is 1. The Bertz CT molecular complexity index is 1140. The molecule has 1 aliphatic rings. The lowest BCUT2D eigenvalue weighted by Gasteiger charge is -2.26. The minimum absolute atomic E-state index is 0.0402. The summed E-state index contributed by atoms with van der Waals surface area (Å²) in [6.45, 7) is 6.04. The molecule has 1 aromatic carbocycles. The molecule has 0 spiro atoms. The number of ketones is 1.